The maximum Gasteiger partial charge on any atom is 0.332 e. The van der Waals surface area contributed by atoms with Crippen molar-refractivity contribution in [1.82, 2.24) is 4.90 Å². The molecule has 32 heavy (non-hydrogen) atoms. The SMILES string of the molecule is CC(=O)OC1CC(OC(=O)COCCOCCN2C(=O)C=CC2=O)C(O)(C(C)=O)C(C)O1. The van der Waals surface area contributed by atoms with Crippen LogP contribution in [0.25, 0.3) is 0 Å². The number of nitrogens with zero attached hydrogens (tertiary/aromatic N) is 1. The van der Waals surface area contributed by atoms with E-state index in [1.807, 2.05) is 0 Å². The Bertz CT molecular complexity index is 762. The molecule has 178 valence electrons. The maximum absolute atomic E-state index is 12.1. The molecule has 0 aliphatic carbocycles. The molecule has 4 unspecified atom stereocenters. The lowest BCUT2D eigenvalue weighted by molar-refractivity contribution is -0.270. The maximum atomic E-state index is 12.1. The molecular weight excluding hydrogens is 430 g/mol. The first-order chi connectivity index (χ1) is 15.1. The van der Waals surface area contributed by atoms with Crippen LogP contribution in [0.5, 0.6) is 0 Å². The van der Waals surface area contributed by atoms with Crippen molar-refractivity contribution in [1.29, 1.82) is 0 Å². The molecule has 2 rings (SSSR count). The first-order valence-electron chi connectivity index (χ1n) is 10.00. The van der Waals surface area contributed by atoms with Gasteiger partial charge in [-0.05, 0) is 13.8 Å². The van der Waals surface area contributed by atoms with E-state index in [1.54, 1.807) is 0 Å². The highest BCUT2D eigenvalue weighted by Gasteiger charge is 2.54. The van der Waals surface area contributed by atoms with Gasteiger partial charge in [-0.1, -0.05) is 0 Å². The van der Waals surface area contributed by atoms with Gasteiger partial charge in [0.1, 0.15) is 12.7 Å². The van der Waals surface area contributed by atoms with Crippen molar-refractivity contribution in [3.05, 3.63) is 12.2 Å². The van der Waals surface area contributed by atoms with Crippen LogP contribution in [0.2, 0.25) is 0 Å². The summed E-state index contributed by atoms with van der Waals surface area (Å²) in [5.41, 5.74) is -2.10. The van der Waals surface area contributed by atoms with Crippen LogP contribution in [0.1, 0.15) is 27.2 Å². The minimum absolute atomic E-state index is 0.0203. The summed E-state index contributed by atoms with van der Waals surface area (Å²) in [6.45, 7) is 3.56. The van der Waals surface area contributed by atoms with E-state index < -0.39 is 60.2 Å². The summed E-state index contributed by atoms with van der Waals surface area (Å²) in [4.78, 5) is 59.2. The minimum atomic E-state index is -2.10. The Kier molecular flexibility index (Phi) is 9.01. The Morgan fingerprint density at radius 1 is 1.09 bits per heavy atom. The monoisotopic (exact) mass is 457 g/mol. The highest BCUT2D eigenvalue weighted by molar-refractivity contribution is 6.12. The summed E-state index contributed by atoms with van der Waals surface area (Å²) in [6.07, 6.45) is -1.34. The molecule has 0 radical (unpaired) electrons. The van der Waals surface area contributed by atoms with Crippen molar-refractivity contribution in [2.45, 2.75) is 51.3 Å². The number of ketones is 1. The molecule has 1 fully saturated rings. The second-order valence-electron chi connectivity index (χ2n) is 7.24. The lowest BCUT2D eigenvalue weighted by atomic mass is 9.83. The van der Waals surface area contributed by atoms with Crippen LogP contribution in [0.4, 0.5) is 0 Å². The molecule has 0 aromatic rings. The lowest BCUT2D eigenvalue weighted by Crippen LogP contribution is -2.63. The fourth-order valence-corrected chi connectivity index (χ4v) is 3.29. The van der Waals surface area contributed by atoms with Crippen molar-refractivity contribution in [2.75, 3.05) is 33.0 Å². The van der Waals surface area contributed by atoms with E-state index in [4.69, 9.17) is 23.7 Å². The van der Waals surface area contributed by atoms with Crippen LogP contribution in [0, 0.1) is 0 Å². The van der Waals surface area contributed by atoms with E-state index in [9.17, 15) is 29.1 Å². The third-order valence-corrected chi connectivity index (χ3v) is 4.96. The highest BCUT2D eigenvalue weighted by Crippen LogP contribution is 2.33. The number of rotatable bonds is 11. The van der Waals surface area contributed by atoms with Crippen LogP contribution >= 0.6 is 0 Å². The van der Waals surface area contributed by atoms with Crippen LogP contribution in [0.3, 0.4) is 0 Å². The van der Waals surface area contributed by atoms with Gasteiger partial charge in [-0.3, -0.25) is 24.1 Å². The van der Waals surface area contributed by atoms with Crippen molar-refractivity contribution in [3.8, 4) is 0 Å². The van der Waals surface area contributed by atoms with Crippen molar-refractivity contribution in [3.63, 3.8) is 0 Å². The molecule has 4 atom stereocenters. The van der Waals surface area contributed by atoms with E-state index in [0.717, 1.165) is 11.8 Å². The molecule has 12 heteroatoms. The Labute approximate surface area is 184 Å². The number of carbonyl (C=O) groups excluding carboxylic acids is 5. The average Bonchev–Trinajstić information content (AvgIpc) is 3.02. The number of amides is 2. The smallest absolute Gasteiger partial charge is 0.332 e. The molecule has 0 aromatic carbocycles. The van der Waals surface area contributed by atoms with Gasteiger partial charge < -0.3 is 28.8 Å². The summed E-state index contributed by atoms with van der Waals surface area (Å²) in [5, 5.41) is 10.8. The lowest BCUT2D eigenvalue weighted by Gasteiger charge is -2.44. The largest absolute Gasteiger partial charge is 0.457 e. The van der Waals surface area contributed by atoms with E-state index >= 15 is 0 Å². The Hall–Kier alpha value is -2.67. The quantitative estimate of drug-likeness (QED) is 0.228. The summed E-state index contributed by atoms with van der Waals surface area (Å²) < 4.78 is 26.0. The number of Topliss-reactive ketones (excluding diaryl/α,β-unsaturated/α-hetero) is 1. The number of esters is 2. The van der Waals surface area contributed by atoms with Gasteiger partial charge in [0.15, 0.2) is 11.4 Å². The molecule has 1 saturated heterocycles. The fourth-order valence-electron chi connectivity index (χ4n) is 3.29. The molecule has 1 N–H and O–H groups in total. The molecule has 2 amide bonds. The molecule has 2 aliphatic rings. The Morgan fingerprint density at radius 2 is 1.72 bits per heavy atom. The second kappa shape index (κ2) is 11.3. The first kappa shape index (κ1) is 25.6. The highest BCUT2D eigenvalue weighted by atomic mass is 16.7. The van der Waals surface area contributed by atoms with E-state index in [2.05, 4.69) is 0 Å². The summed E-state index contributed by atoms with van der Waals surface area (Å²) in [7, 11) is 0. The number of hydrogen-bond acceptors (Lipinski definition) is 11. The van der Waals surface area contributed by atoms with Crippen LogP contribution in [0.15, 0.2) is 12.2 Å². The standard InChI is InChI=1S/C20H27NO11/c1-12(22)20(27)13(2)30-19(31-14(3)23)10-15(20)32-18(26)11-29-9-8-28-7-6-21-16(24)4-5-17(21)25/h4-5,13,15,19,27H,6-11H2,1-3H3. The predicted molar refractivity (Wildman–Crippen MR) is 104 cm³/mol. The molecule has 0 aromatic heterocycles. The van der Waals surface area contributed by atoms with E-state index in [0.29, 0.717) is 0 Å². The predicted octanol–water partition coefficient (Wildman–Crippen LogP) is -1.13. The van der Waals surface area contributed by atoms with Gasteiger partial charge in [0, 0.05) is 19.1 Å². The normalized spacial score (nSPS) is 27.5. The van der Waals surface area contributed by atoms with Crippen molar-refractivity contribution < 1.29 is 52.8 Å². The molecule has 2 aliphatic heterocycles. The Balaban J connectivity index is 1.73. The minimum Gasteiger partial charge on any atom is -0.457 e. The fraction of sp³-hybridized carbons (Fsp3) is 0.650. The number of carbonyl (C=O) groups is 5. The average molecular weight is 457 g/mol. The molecule has 0 spiro atoms. The zero-order valence-corrected chi connectivity index (χ0v) is 18.1. The van der Waals surface area contributed by atoms with Gasteiger partial charge in [0.2, 0.25) is 6.29 Å². The van der Waals surface area contributed by atoms with Crippen LogP contribution < -0.4 is 0 Å². The molecule has 0 saturated carbocycles. The number of imide groups is 1. The first-order valence-corrected chi connectivity index (χ1v) is 10.00. The summed E-state index contributed by atoms with van der Waals surface area (Å²) in [6, 6.07) is 0. The molecular formula is C20H27NO11. The molecule has 0 bridgehead atoms. The third-order valence-electron chi connectivity index (χ3n) is 4.96. The van der Waals surface area contributed by atoms with Gasteiger partial charge in [-0.25, -0.2) is 4.79 Å². The van der Waals surface area contributed by atoms with Crippen molar-refractivity contribution >= 4 is 29.5 Å². The zero-order chi connectivity index (χ0) is 23.9. The van der Waals surface area contributed by atoms with Crippen LogP contribution in [-0.4, -0.2) is 96.6 Å². The van der Waals surface area contributed by atoms with Gasteiger partial charge >= 0.3 is 11.9 Å². The van der Waals surface area contributed by atoms with Gasteiger partial charge in [-0.2, -0.15) is 0 Å². The van der Waals surface area contributed by atoms with Crippen LogP contribution in [-0.2, 0) is 47.7 Å². The van der Waals surface area contributed by atoms with Gasteiger partial charge in [-0.15, -0.1) is 0 Å². The topological polar surface area (TPSA) is 155 Å². The third kappa shape index (κ3) is 6.42. The van der Waals surface area contributed by atoms with Gasteiger partial charge in [0.25, 0.3) is 11.8 Å². The number of ether oxygens (including phenoxy) is 5. The molecule has 2 heterocycles. The van der Waals surface area contributed by atoms with E-state index in [1.165, 1.54) is 26.0 Å². The summed E-state index contributed by atoms with van der Waals surface area (Å²) >= 11 is 0. The second-order valence-corrected chi connectivity index (χ2v) is 7.24. The zero-order valence-electron chi connectivity index (χ0n) is 18.1. The number of aliphatic hydroxyl groups is 1. The summed E-state index contributed by atoms with van der Waals surface area (Å²) in [5.74, 6) is -2.94. The van der Waals surface area contributed by atoms with E-state index in [-0.39, 0.29) is 32.8 Å². The van der Waals surface area contributed by atoms with Crippen molar-refractivity contribution in [2.24, 2.45) is 0 Å². The number of hydrogen-bond donors (Lipinski definition) is 1. The molecule has 12 nitrogen and oxygen atoms in total. The van der Waals surface area contributed by atoms with Gasteiger partial charge in [0.05, 0.1) is 38.9 Å². The Morgan fingerprint density at radius 3 is 2.31 bits per heavy atom.